The Hall–Kier alpha value is -2.41. The van der Waals surface area contributed by atoms with Gasteiger partial charge >= 0.3 is 5.97 Å². The molecule has 0 unspecified atom stereocenters. The number of methoxy groups -OCH3 is 1. The van der Waals surface area contributed by atoms with Crippen LogP contribution < -0.4 is 5.43 Å². The van der Waals surface area contributed by atoms with Crippen molar-refractivity contribution in [2.75, 3.05) is 13.7 Å². The second-order valence-electron chi connectivity index (χ2n) is 6.20. The first-order valence-electron chi connectivity index (χ1n) is 8.22. The van der Waals surface area contributed by atoms with Crippen molar-refractivity contribution in [3.8, 4) is 0 Å². The summed E-state index contributed by atoms with van der Waals surface area (Å²) in [5.41, 5.74) is 3.43. The van der Waals surface area contributed by atoms with Gasteiger partial charge in [-0.3, -0.25) is 15.0 Å². The number of rotatable bonds is 9. The van der Waals surface area contributed by atoms with Crippen LogP contribution in [0.25, 0.3) is 0 Å². The summed E-state index contributed by atoms with van der Waals surface area (Å²) in [6.07, 6.45) is 0.874. The number of nitrogens with one attached hydrogen (secondary N) is 1. The number of benzene rings is 1. The molecule has 25 heavy (non-hydrogen) atoms. The fourth-order valence-electron chi connectivity index (χ4n) is 2.36. The molecule has 0 fully saturated rings. The van der Waals surface area contributed by atoms with E-state index in [-0.39, 0.29) is 25.4 Å². The quantitative estimate of drug-likeness (QED) is 0.660. The molecule has 7 nitrogen and oxygen atoms in total. The number of carboxylic acid groups (broad SMARTS) is 1. The Labute approximate surface area is 147 Å². The van der Waals surface area contributed by atoms with Crippen LogP contribution in [-0.4, -0.2) is 47.7 Å². The van der Waals surface area contributed by atoms with Crippen molar-refractivity contribution in [3.05, 3.63) is 35.9 Å². The van der Waals surface area contributed by atoms with E-state index in [9.17, 15) is 19.5 Å². The normalized spacial score (nSPS) is 11.8. The molecule has 7 heteroatoms. The zero-order chi connectivity index (χ0) is 18.8. The summed E-state index contributed by atoms with van der Waals surface area (Å²) in [7, 11) is 1.34. The third-order valence-corrected chi connectivity index (χ3v) is 3.56. The molecule has 2 amide bonds. The second kappa shape index (κ2) is 10.5. The lowest BCUT2D eigenvalue weighted by atomic mass is 10.0. The molecule has 1 atom stereocenters. The van der Waals surface area contributed by atoms with Crippen molar-refractivity contribution in [2.24, 2.45) is 5.92 Å². The molecular weight excluding hydrogens is 324 g/mol. The fraction of sp³-hybridized carbons (Fsp3) is 0.500. The van der Waals surface area contributed by atoms with E-state index in [2.05, 4.69) is 5.43 Å². The largest absolute Gasteiger partial charge is 0.480 e. The Morgan fingerprint density at radius 3 is 2.36 bits per heavy atom. The maximum Gasteiger partial charge on any atom is 0.328 e. The predicted octanol–water partition coefficient (Wildman–Crippen LogP) is 1.62. The Morgan fingerprint density at radius 2 is 1.84 bits per heavy atom. The van der Waals surface area contributed by atoms with Crippen LogP contribution in [0.15, 0.2) is 30.3 Å². The number of hydrogen-bond acceptors (Lipinski definition) is 4. The number of aryl methyl sites for hydroxylation is 1. The summed E-state index contributed by atoms with van der Waals surface area (Å²) in [5.74, 6) is -2.13. The van der Waals surface area contributed by atoms with Gasteiger partial charge in [-0.1, -0.05) is 44.2 Å². The van der Waals surface area contributed by atoms with E-state index < -0.39 is 23.8 Å². The van der Waals surface area contributed by atoms with Gasteiger partial charge in [0.25, 0.3) is 5.91 Å². The zero-order valence-corrected chi connectivity index (χ0v) is 14.9. The topological polar surface area (TPSA) is 95.9 Å². The molecule has 0 aliphatic carbocycles. The molecule has 1 aromatic carbocycles. The molecule has 2 N–H and O–H groups in total. The maximum absolute atomic E-state index is 12.2. The molecule has 0 aromatic heterocycles. The van der Waals surface area contributed by atoms with Crippen LogP contribution in [-0.2, 0) is 25.5 Å². The highest BCUT2D eigenvalue weighted by atomic mass is 16.5. The monoisotopic (exact) mass is 350 g/mol. The summed E-state index contributed by atoms with van der Waals surface area (Å²) in [6, 6.07) is 8.32. The lowest BCUT2D eigenvalue weighted by molar-refractivity contribution is -0.158. The van der Waals surface area contributed by atoms with Gasteiger partial charge < -0.3 is 9.84 Å². The van der Waals surface area contributed by atoms with E-state index in [1.807, 2.05) is 44.2 Å². The molecule has 0 aliphatic heterocycles. The van der Waals surface area contributed by atoms with Crippen LogP contribution >= 0.6 is 0 Å². The van der Waals surface area contributed by atoms with Crippen molar-refractivity contribution in [3.63, 3.8) is 0 Å². The molecule has 0 spiro atoms. The first-order chi connectivity index (χ1) is 11.8. The third-order valence-electron chi connectivity index (χ3n) is 3.56. The first-order valence-corrected chi connectivity index (χ1v) is 8.22. The Kier molecular flexibility index (Phi) is 8.63. The Balaban J connectivity index is 2.79. The lowest BCUT2D eigenvalue weighted by Crippen LogP contribution is -2.56. The summed E-state index contributed by atoms with van der Waals surface area (Å²) in [5, 5.41) is 10.3. The van der Waals surface area contributed by atoms with Crippen molar-refractivity contribution in [2.45, 2.75) is 39.2 Å². The predicted molar refractivity (Wildman–Crippen MR) is 92.5 cm³/mol. The molecule has 0 radical (unpaired) electrons. The minimum Gasteiger partial charge on any atom is -0.480 e. The van der Waals surface area contributed by atoms with Crippen molar-refractivity contribution < 1.29 is 24.2 Å². The van der Waals surface area contributed by atoms with Crippen LogP contribution in [0, 0.1) is 5.92 Å². The molecule has 0 bridgehead atoms. The van der Waals surface area contributed by atoms with E-state index in [0.717, 1.165) is 10.6 Å². The summed E-state index contributed by atoms with van der Waals surface area (Å²) in [4.78, 5) is 36.0. The number of hydrazine groups is 1. The minimum atomic E-state index is -1.17. The Bertz CT molecular complexity index is 574. The average Bonchev–Trinajstić information content (AvgIpc) is 2.56. The second-order valence-corrected chi connectivity index (χ2v) is 6.20. The standard InChI is InChI=1S/C18H26N2O5/c1-13(2)11-15(18(23)24)20(17(22)12-25-3)19-16(21)10-9-14-7-5-4-6-8-14/h4-8,13,15H,9-12H2,1-3H3,(H,19,21)(H,23,24)/t15-/m0/s1. The van der Waals surface area contributed by atoms with Crippen LogP contribution in [0.3, 0.4) is 0 Å². The van der Waals surface area contributed by atoms with Gasteiger partial charge in [0.1, 0.15) is 6.61 Å². The summed E-state index contributed by atoms with van der Waals surface area (Å²) in [6.45, 7) is 3.40. The van der Waals surface area contributed by atoms with E-state index in [4.69, 9.17) is 4.74 Å². The van der Waals surface area contributed by atoms with E-state index in [0.29, 0.717) is 6.42 Å². The highest BCUT2D eigenvalue weighted by Gasteiger charge is 2.31. The number of ether oxygens (including phenoxy) is 1. The highest BCUT2D eigenvalue weighted by Crippen LogP contribution is 2.12. The maximum atomic E-state index is 12.2. The number of carbonyl (C=O) groups excluding carboxylic acids is 2. The van der Waals surface area contributed by atoms with Gasteiger partial charge in [0.15, 0.2) is 6.04 Å². The van der Waals surface area contributed by atoms with Crippen molar-refractivity contribution in [1.29, 1.82) is 0 Å². The van der Waals surface area contributed by atoms with Crippen molar-refractivity contribution >= 4 is 17.8 Å². The number of carbonyl (C=O) groups is 3. The van der Waals surface area contributed by atoms with Crippen molar-refractivity contribution in [1.82, 2.24) is 10.4 Å². The van der Waals surface area contributed by atoms with E-state index >= 15 is 0 Å². The number of aliphatic carboxylic acids is 1. The lowest BCUT2D eigenvalue weighted by Gasteiger charge is -2.30. The van der Waals surface area contributed by atoms with Gasteiger partial charge in [0.05, 0.1) is 0 Å². The zero-order valence-electron chi connectivity index (χ0n) is 14.9. The summed E-state index contributed by atoms with van der Waals surface area (Å²) >= 11 is 0. The highest BCUT2D eigenvalue weighted by molar-refractivity contribution is 5.87. The Morgan fingerprint density at radius 1 is 1.20 bits per heavy atom. The minimum absolute atomic E-state index is 0.0418. The van der Waals surface area contributed by atoms with E-state index in [1.54, 1.807) is 0 Å². The molecule has 0 saturated heterocycles. The molecule has 0 heterocycles. The number of hydrogen-bond donors (Lipinski definition) is 2. The molecule has 1 rings (SSSR count). The number of amides is 2. The number of nitrogens with zero attached hydrogens (tertiary/aromatic N) is 1. The van der Waals surface area contributed by atoms with E-state index in [1.165, 1.54) is 7.11 Å². The first kappa shape index (κ1) is 20.6. The fourth-order valence-corrected chi connectivity index (χ4v) is 2.36. The van der Waals surface area contributed by atoms with Gasteiger partial charge in [0, 0.05) is 13.5 Å². The smallest absolute Gasteiger partial charge is 0.328 e. The average molecular weight is 350 g/mol. The molecule has 138 valence electrons. The van der Waals surface area contributed by atoms with Crippen LogP contribution in [0.1, 0.15) is 32.3 Å². The van der Waals surface area contributed by atoms with Gasteiger partial charge in [-0.15, -0.1) is 0 Å². The van der Waals surface area contributed by atoms with Gasteiger partial charge in [-0.2, -0.15) is 0 Å². The molecular formula is C18H26N2O5. The SMILES string of the molecule is COCC(=O)N(NC(=O)CCc1ccccc1)[C@@H](CC(C)C)C(=O)O. The molecule has 0 aliphatic rings. The van der Waals surface area contributed by atoms with Crippen LogP contribution in [0.4, 0.5) is 0 Å². The van der Waals surface area contributed by atoms with Gasteiger partial charge in [-0.25, -0.2) is 9.80 Å². The van der Waals surface area contributed by atoms with Crippen LogP contribution in [0.2, 0.25) is 0 Å². The third kappa shape index (κ3) is 7.34. The molecule has 0 saturated carbocycles. The van der Waals surface area contributed by atoms with Crippen LogP contribution in [0.5, 0.6) is 0 Å². The van der Waals surface area contributed by atoms with Gasteiger partial charge in [-0.05, 0) is 24.3 Å². The summed E-state index contributed by atoms with van der Waals surface area (Å²) < 4.78 is 4.79. The molecule has 1 aromatic rings. The van der Waals surface area contributed by atoms with Gasteiger partial charge in [0.2, 0.25) is 5.91 Å². The number of carboxylic acids is 1.